The highest BCUT2D eigenvalue weighted by atomic mass is 32.2. The van der Waals surface area contributed by atoms with Gasteiger partial charge in [0.1, 0.15) is 0 Å². The van der Waals surface area contributed by atoms with Gasteiger partial charge in [-0.05, 0) is 31.9 Å². The molecule has 1 aliphatic carbocycles. The average Bonchev–Trinajstić information content (AvgIpc) is 3.21. The molecule has 2 aliphatic rings. The first-order valence-corrected chi connectivity index (χ1v) is 9.54. The van der Waals surface area contributed by atoms with Gasteiger partial charge in [-0.15, -0.1) is 0 Å². The highest BCUT2D eigenvalue weighted by Crippen LogP contribution is 2.39. The summed E-state index contributed by atoms with van der Waals surface area (Å²) < 4.78 is 22.8. The number of hydrogen-bond donors (Lipinski definition) is 2. The number of hydrogen-bond acceptors (Lipinski definition) is 4. The second-order valence-corrected chi connectivity index (χ2v) is 8.64. The molecule has 124 valence electrons. The molecule has 1 aromatic carbocycles. The molecule has 3 atom stereocenters. The maximum atomic E-state index is 12.1. The molecule has 0 bridgehead atoms. The van der Waals surface area contributed by atoms with E-state index < -0.39 is 9.84 Å². The minimum atomic E-state index is -3.01. The molecule has 2 N–H and O–H groups in total. The van der Waals surface area contributed by atoms with Crippen LogP contribution in [0.25, 0.3) is 0 Å². The summed E-state index contributed by atoms with van der Waals surface area (Å²) in [7, 11) is -3.01. The van der Waals surface area contributed by atoms with Gasteiger partial charge in [0.25, 0.3) is 0 Å². The highest BCUT2D eigenvalue weighted by Gasteiger charge is 2.48. The number of carbonyl (C=O) groups is 2. The highest BCUT2D eigenvalue weighted by molar-refractivity contribution is 7.91. The van der Waals surface area contributed by atoms with Crippen LogP contribution in [0.15, 0.2) is 24.3 Å². The zero-order valence-corrected chi connectivity index (χ0v) is 13.7. The van der Waals surface area contributed by atoms with Gasteiger partial charge < -0.3 is 10.6 Å². The standard InChI is InChI=1S/C16H20N2O4S/c1-10-2-4-11(5-3-10)17-15(19)13-8-14(13)16(20)18-12-6-7-23(21,22)9-12/h2-5,12-14H,6-9H2,1H3,(H,17,19)(H,18,20). The van der Waals surface area contributed by atoms with Crippen molar-refractivity contribution < 1.29 is 18.0 Å². The lowest BCUT2D eigenvalue weighted by molar-refractivity contribution is -0.125. The number of nitrogens with one attached hydrogen (secondary N) is 2. The molecule has 3 unspecified atom stereocenters. The van der Waals surface area contributed by atoms with E-state index in [0.29, 0.717) is 18.5 Å². The van der Waals surface area contributed by atoms with Gasteiger partial charge in [-0.25, -0.2) is 8.42 Å². The lowest BCUT2D eigenvalue weighted by Crippen LogP contribution is -2.37. The second-order valence-electron chi connectivity index (χ2n) is 6.41. The summed E-state index contributed by atoms with van der Waals surface area (Å²) in [4.78, 5) is 24.2. The van der Waals surface area contributed by atoms with E-state index >= 15 is 0 Å². The predicted octanol–water partition coefficient (Wildman–Crippen LogP) is 0.873. The van der Waals surface area contributed by atoms with Crippen LogP contribution >= 0.6 is 0 Å². The Morgan fingerprint density at radius 1 is 1.09 bits per heavy atom. The Labute approximate surface area is 135 Å². The van der Waals surface area contributed by atoms with Crippen LogP contribution in [-0.4, -0.2) is 37.8 Å². The molecule has 0 spiro atoms. The van der Waals surface area contributed by atoms with Gasteiger partial charge in [-0.3, -0.25) is 9.59 Å². The van der Waals surface area contributed by atoms with E-state index in [0.717, 1.165) is 5.56 Å². The van der Waals surface area contributed by atoms with E-state index in [9.17, 15) is 18.0 Å². The van der Waals surface area contributed by atoms with Crippen LogP contribution in [0, 0.1) is 18.8 Å². The van der Waals surface area contributed by atoms with Crippen LogP contribution in [0.3, 0.4) is 0 Å². The predicted molar refractivity (Wildman–Crippen MR) is 86.6 cm³/mol. The first-order valence-electron chi connectivity index (χ1n) is 7.72. The SMILES string of the molecule is Cc1ccc(NC(=O)C2CC2C(=O)NC2CCS(=O)(=O)C2)cc1. The Kier molecular flexibility index (Phi) is 4.14. The van der Waals surface area contributed by atoms with Gasteiger partial charge in [0, 0.05) is 11.7 Å². The van der Waals surface area contributed by atoms with Crippen molar-refractivity contribution in [2.75, 3.05) is 16.8 Å². The van der Waals surface area contributed by atoms with Crippen molar-refractivity contribution in [1.29, 1.82) is 0 Å². The summed E-state index contributed by atoms with van der Waals surface area (Å²) in [5.41, 5.74) is 1.83. The molecule has 23 heavy (non-hydrogen) atoms. The molecule has 7 heteroatoms. The summed E-state index contributed by atoms with van der Waals surface area (Å²) >= 11 is 0. The minimum Gasteiger partial charge on any atom is -0.352 e. The van der Waals surface area contributed by atoms with Crippen molar-refractivity contribution in [3.63, 3.8) is 0 Å². The number of carbonyl (C=O) groups excluding carboxylic acids is 2. The molecular weight excluding hydrogens is 316 g/mol. The lowest BCUT2D eigenvalue weighted by atomic mass is 10.2. The Bertz CT molecular complexity index is 727. The molecule has 0 radical (unpaired) electrons. The molecule has 2 fully saturated rings. The van der Waals surface area contributed by atoms with Gasteiger partial charge >= 0.3 is 0 Å². The van der Waals surface area contributed by atoms with Gasteiger partial charge in [0.05, 0.1) is 23.3 Å². The molecule has 2 amide bonds. The second kappa shape index (κ2) is 5.96. The fraction of sp³-hybridized carbons (Fsp3) is 0.500. The minimum absolute atomic E-state index is 0.00564. The fourth-order valence-corrected chi connectivity index (χ4v) is 4.54. The first-order chi connectivity index (χ1) is 10.8. The molecule has 1 saturated carbocycles. The molecule has 3 rings (SSSR count). The Balaban J connectivity index is 1.49. The van der Waals surface area contributed by atoms with Crippen LogP contribution < -0.4 is 10.6 Å². The summed E-state index contributed by atoms with van der Waals surface area (Å²) in [6.45, 7) is 1.97. The summed E-state index contributed by atoms with van der Waals surface area (Å²) in [5, 5.41) is 5.56. The summed E-state index contributed by atoms with van der Waals surface area (Å²) in [6, 6.07) is 7.16. The van der Waals surface area contributed by atoms with E-state index in [1.165, 1.54) is 0 Å². The maximum absolute atomic E-state index is 12.1. The number of benzene rings is 1. The molecule has 1 aliphatic heterocycles. The maximum Gasteiger partial charge on any atom is 0.228 e. The number of anilines is 1. The Hall–Kier alpha value is -1.89. The van der Waals surface area contributed by atoms with E-state index in [2.05, 4.69) is 10.6 Å². The molecule has 1 heterocycles. The third kappa shape index (κ3) is 3.90. The zero-order chi connectivity index (χ0) is 16.6. The number of sulfone groups is 1. The van der Waals surface area contributed by atoms with Crippen LogP contribution in [0.4, 0.5) is 5.69 Å². The lowest BCUT2D eigenvalue weighted by Gasteiger charge is -2.10. The Morgan fingerprint density at radius 2 is 1.74 bits per heavy atom. The van der Waals surface area contributed by atoms with Gasteiger partial charge in [-0.2, -0.15) is 0 Å². The summed E-state index contributed by atoms with van der Waals surface area (Å²) in [6.07, 6.45) is 0.976. The molecular formula is C16H20N2O4S. The summed E-state index contributed by atoms with van der Waals surface area (Å²) in [5.74, 6) is -0.909. The van der Waals surface area contributed by atoms with Crippen molar-refractivity contribution in [3.05, 3.63) is 29.8 Å². The fourth-order valence-electron chi connectivity index (χ4n) is 2.86. The van der Waals surface area contributed by atoms with Crippen LogP contribution in [0.5, 0.6) is 0 Å². The third-order valence-corrected chi connectivity index (χ3v) is 6.13. The third-order valence-electron chi connectivity index (χ3n) is 4.36. The molecule has 1 aromatic rings. The van der Waals surface area contributed by atoms with Crippen LogP contribution in [-0.2, 0) is 19.4 Å². The van der Waals surface area contributed by atoms with Crippen molar-refractivity contribution in [2.45, 2.75) is 25.8 Å². The van der Waals surface area contributed by atoms with Crippen molar-refractivity contribution in [1.82, 2.24) is 5.32 Å². The molecule has 6 nitrogen and oxygen atoms in total. The number of aryl methyl sites for hydroxylation is 1. The molecule has 1 saturated heterocycles. The zero-order valence-electron chi connectivity index (χ0n) is 12.9. The number of amides is 2. The number of rotatable bonds is 4. The van der Waals surface area contributed by atoms with E-state index in [4.69, 9.17) is 0 Å². The average molecular weight is 336 g/mol. The topological polar surface area (TPSA) is 92.3 Å². The smallest absolute Gasteiger partial charge is 0.228 e. The van der Waals surface area contributed by atoms with Crippen LogP contribution in [0.2, 0.25) is 0 Å². The van der Waals surface area contributed by atoms with E-state index in [1.807, 2.05) is 31.2 Å². The first kappa shape index (κ1) is 16.0. The Morgan fingerprint density at radius 3 is 2.35 bits per heavy atom. The van der Waals surface area contributed by atoms with Crippen molar-refractivity contribution in [3.8, 4) is 0 Å². The quantitative estimate of drug-likeness (QED) is 0.853. The van der Waals surface area contributed by atoms with E-state index in [1.54, 1.807) is 0 Å². The van der Waals surface area contributed by atoms with Crippen molar-refractivity contribution in [2.24, 2.45) is 11.8 Å². The van der Waals surface area contributed by atoms with Gasteiger partial charge in [0.2, 0.25) is 11.8 Å². The van der Waals surface area contributed by atoms with Crippen LogP contribution in [0.1, 0.15) is 18.4 Å². The van der Waals surface area contributed by atoms with E-state index in [-0.39, 0.29) is 41.2 Å². The normalized spacial score (nSPS) is 28.1. The monoisotopic (exact) mass is 336 g/mol. The molecule has 0 aromatic heterocycles. The van der Waals surface area contributed by atoms with Gasteiger partial charge in [0.15, 0.2) is 9.84 Å². The van der Waals surface area contributed by atoms with Crippen molar-refractivity contribution >= 4 is 27.3 Å². The van der Waals surface area contributed by atoms with Gasteiger partial charge in [-0.1, -0.05) is 17.7 Å². The largest absolute Gasteiger partial charge is 0.352 e.